The second kappa shape index (κ2) is 28.3. The SMILES string of the molecule is C/C=C\c1cc(C)ccc1C(C)=O.CCC(C)C.CCCC(C)CC.CCCCCC.Cc1ccc(C)c(F)c1. The number of carbonyl (C=O) groups is 1. The summed E-state index contributed by atoms with van der Waals surface area (Å²) in [6, 6.07) is 11.1. The van der Waals surface area contributed by atoms with Crippen LogP contribution in [0.15, 0.2) is 42.5 Å². The molecule has 0 spiro atoms. The standard InChI is InChI=1S/C12H14O.C8H9F.C7H16.C6H14.C5H12/c1-4-5-11-8-9(2)6-7-12(11)10(3)13;1-6-3-4-7(2)8(9)5-6;1-4-6-7(3)5-2;1-3-5-6-4-2;1-4-5(2)3/h4-8H,1-3H3;3-5H,1-2H3;7H,4-6H2,1-3H3;3-6H2,1-2H3;5H,4H2,1-3H3/b5-4-;;;;. The normalized spacial score (nSPS) is 10.7. The third-order valence-corrected chi connectivity index (χ3v) is 6.51. The topological polar surface area (TPSA) is 17.1 Å². The Kier molecular flexibility index (Phi) is 29.9. The van der Waals surface area contributed by atoms with Gasteiger partial charge in [0.15, 0.2) is 5.78 Å². The number of halogens is 1. The van der Waals surface area contributed by atoms with Gasteiger partial charge in [0, 0.05) is 5.56 Å². The van der Waals surface area contributed by atoms with Gasteiger partial charge < -0.3 is 0 Å². The second-order valence-electron chi connectivity index (χ2n) is 11.2. The van der Waals surface area contributed by atoms with Gasteiger partial charge in [0.05, 0.1) is 0 Å². The van der Waals surface area contributed by atoms with Crippen LogP contribution in [0.4, 0.5) is 4.39 Å². The van der Waals surface area contributed by atoms with Crippen molar-refractivity contribution >= 4 is 11.9 Å². The highest BCUT2D eigenvalue weighted by Crippen LogP contribution is 2.14. The third kappa shape index (κ3) is 26.0. The minimum Gasteiger partial charge on any atom is -0.294 e. The van der Waals surface area contributed by atoms with Gasteiger partial charge in [-0.15, -0.1) is 0 Å². The van der Waals surface area contributed by atoms with Crippen LogP contribution in [0.3, 0.4) is 0 Å². The van der Waals surface area contributed by atoms with Gasteiger partial charge in [-0.05, 0) is 69.2 Å². The van der Waals surface area contributed by atoms with E-state index in [1.54, 1.807) is 19.9 Å². The minimum atomic E-state index is -0.116. The van der Waals surface area contributed by atoms with E-state index in [1.807, 2.05) is 57.2 Å². The molecule has 1 atom stereocenters. The van der Waals surface area contributed by atoms with E-state index in [1.165, 1.54) is 63.0 Å². The van der Waals surface area contributed by atoms with E-state index in [0.717, 1.165) is 28.5 Å². The van der Waals surface area contributed by atoms with Crippen LogP contribution in [-0.4, -0.2) is 5.78 Å². The van der Waals surface area contributed by atoms with Crippen LogP contribution in [0.2, 0.25) is 0 Å². The molecule has 2 aromatic rings. The van der Waals surface area contributed by atoms with Crippen molar-refractivity contribution in [2.24, 2.45) is 11.8 Å². The number of ketones is 1. The molecule has 2 heteroatoms. The zero-order chi connectivity index (χ0) is 31.5. The smallest absolute Gasteiger partial charge is 0.160 e. The van der Waals surface area contributed by atoms with Crippen molar-refractivity contribution in [3.05, 3.63) is 76.1 Å². The Morgan fingerprint density at radius 3 is 1.62 bits per heavy atom. The first kappa shape index (κ1) is 42.2. The summed E-state index contributed by atoms with van der Waals surface area (Å²) in [7, 11) is 0. The fourth-order valence-electron chi connectivity index (χ4n) is 3.22. The quantitative estimate of drug-likeness (QED) is 0.222. The van der Waals surface area contributed by atoms with E-state index < -0.39 is 0 Å². The molecule has 0 heterocycles. The zero-order valence-corrected chi connectivity index (χ0v) is 28.7. The predicted octanol–water partition coefficient (Wildman–Crippen LogP) is 13.1. The Hall–Kier alpha value is -2.22. The first-order valence-electron chi connectivity index (χ1n) is 15.8. The Balaban J connectivity index is -0.000000450. The first-order valence-corrected chi connectivity index (χ1v) is 15.8. The number of hydrogen-bond acceptors (Lipinski definition) is 1. The molecule has 1 nitrogen and oxygen atoms in total. The molecule has 0 aliphatic carbocycles. The number of hydrogen-bond donors (Lipinski definition) is 0. The summed E-state index contributed by atoms with van der Waals surface area (Å²) in [5, 5.41) is 0. The van der Waals surface area contributed by atoms with Crippen molar-refractivity contribution in [3.63, 3.8) is 0 Å². The fourth-order valence-corrected chi connectivity index (χ4v) is 3.22. The van der Waals surface area contributed by atoms with E-state index in [2.05, 4.69) is 55.4 Å². The largest absolute Gasteiger partial charge is 0.294 e. The molecule has 0 radical (unpaired) electrons. The predicted molar refractivity (Wildman–Crippen MR) is 181 cm³/mol. The van der Waals surface area contributed by atoms with Crippen LogP contribution in [0, 0.1) is 38.4 Å². The number of benzene rings is 2. The molecule has 2 aromatic carbocycles. The highest BCUT2D eigenvalue weighted by molar-refractivity contribution is 5.97. The van der Waals surface area contributed by atoms with E-state index in [9.17, 15) is 9.18 Å². The molecule has 0 amide bonds. The number of aryl methyl sites for hydroxylation is 3. The van der Waals surface area contributed by atoms with Crippen LogP contribution in [-0.2, 0) is 0 Å². The van der Waals surface area contributed by atoms with Crippen LogP contribution >= 0.6 is 0 Å². The maximum Gasteiger partial charge on any atom is 0.160 e. The molecular formula is C38H65FO. The van der Waals surface area contributed by atoms with E-state index in [-0.39, 0.29) is 11.6 Å². The zero-order valence-electron chi connectivity index (χ0n) is 28.7. The monoisotopic (exact) mass is 557 g/mol. The third-order valence-electron chi connectivity index (χ3n) is 6.51. The highest BCUT2D eigenvalue weighted by atomic mass is 19.1. The van der Waals surface area contributed by atoms with Crippen LogP contribution < -0.4 is 0 Å². The van der Waals surface area contributed by atoms with Gasteiger partial charge in [-0.1, -0.05) is 155 Å². The van der Waals surface area contributed by atoms with E-state index >= 15 is 0 Å². The molecule has 0 fully saturated rings. The molecule has 0 bridgehead atoms. The minimum absolute atomic E-state index is 0.116. The molecule has 0 aromatic heterocycles. The number of allylic oxidation sites excluding steroid dienone is 1. The average Bonchev–Trinajstić information content (AvgIpc) is 2.91. The van der Waals surface area contributed by atoms with Gasteiger partial charge in [-0.2, -0.15) is 0 Å². The van der Waals surface area contributed by atoms with Gasteiger partial charge in [0.2, 0.25) is 0 Å². The summed E-state index contributed by atoms with van der Waals surface area (Å²) in [4.78, 5) is 11.2. The fraction of sp³-hybridized carbons (Fsp3) is 0.605. The van der Waals surface area contributed by atoms with Gasteiger partial charge >= 0.3 is 0 Å². The maximum absolute atomic E-state index is 12.6. The number of rotatable bonds is 9. The van der Waals surface area contributed by atoms with Crippen molar-refractivity contribution < 1.29 is 9.18 Å². The van der Waals surface area contributed by atoms with Gasteiger partial charge in [0.1, 0.15) is 5.82 Å². The lowest BCUT2D eigenvalue weighted by molar-refractivity contribution is 0.101. The lowest BCUT2D eigenvalue weighted by Crippen LogP contribution is -1.95. The molecule has 0 aliphatic rings. The second-order valence-corrected chi connectivity index (χ2v) is 11.2. The Bertz CT molecular complexity index is 890. The lowest BCUT2D eigenvalue weighted by Gasteiger charge is -2.02. The van der Waals surface area contributed by atoms with Crippen molar-refractivity contribution in [2.45, 2.75) is 141 Å². The van der Waals surface area contributed by atoms with Gasteiger partial charge in [0.25, 0.3) is 0 Å². The molecule has 230 valence electrons. The van der Waals surface area contributed by atoms with Crippen LogP contribution in [0.1, 0.15) is 153 Å². The number of Topliss-reactive ketones (excluding diaryl/α,β-unsaturated/α-hetero) is 1. The molecule has 0 saturated carbocycles. The van der Waals surface area contributed by atoms with Crippen molar-refractivity contribution in [3.8, 4) is 0 Å². The Labute approximate surface area is 250 Å². The van der Waals surface area contributed by atoms with Crippen molar-refractivity contribution in [2.75, 3.05) is 0 Å². The first-order chi connectivity index (χ1) is 18.8. The summed E-state index contributed by atoms with van der Waals surface area (Å²) in [6.07, 6.45) is 14.8. The molecule has 2 rings (SSSR count). The number of carbonyl (C=O) groups excluding carboxylic acids is 1. The Morgan fingerprint density at radius 2 is 1.30 bits per heavy atom. The van der Waals surface area contributed by atoms with Gasteiger partial charge in [-0.25, -0.2) is 4.39 Å². The highest BCUT2D eigenvalue weighted by Gasteiger charge is 2.03. The summed E-state index contributed by atoms with van der Waals surface area (Å²) in [6.45, 7) is 27.1. The molecule has 0 N–H and O–H groups in total. The molecular weight excluding hydrogens is 491 g/mol. The molecule has 1 unspecified atom stereocenters. The Morgan fingerprint density at radius 1 is 0.800 bits per heavy atom. The molecule has 0 aliphatic heterocycles. The van der Waals surface area contributed by atoms with Crippen LogP contribution in [0.25, 0.3) is 6.08 Å². The summed E-state index contributed by atoms with van der Waals surface area (Å²) >= 11 is 0. The molecule has 40 heavy (non-hydrogen) atoms. The average molecular weight is 557 g/mol. The molecule has 0 saturated heterocycles. The summed E-state index contributed by atoms with van der Waals surface area (Å²) < 4.78 is 12.6. The van der Waals surface area contributed by atoms with E-state index in [4.69, 9.17) is 0 Å². The van der Waals surface area contributed by atoms with Crippen LogP contribution in [0.5, 0.6) is 0 Å². The summed E-state index contributed by atoms with van der Waals surface area (Å²) in [5.74, 6) is 1.84. The van der Waals surface area contributed by atoms with Crippen molar-refractivity contribution in [1.82, 2.24) is 0 Å². The number of unbranched alkanes of at least 4 members (excludes halogenated alkanes) is 3. The lowest BCUT2D eigenvalue weighted by atomic mass is 10.0. The van der Waals surface area contributed by atoms with E-state index in [0.29, 0.717) is 5.56 Å². The van der Waals surface area contributed by atoms with Gasteiger partial charge in [-0.3, -0.25) is 4.79 Å². The maximum atomic E-state index is 12.6. The van der Waals surface area contributed by atoms with Crippen molar-refractivity contribution in [1.29, 1.82) is 0 Å². The summed E-state index contributed by atoms with van der Waals surface area (Å²) in [5.41, 5.74) is 4.66.